The molecule has 0 saturated heterocycles. The Hall–Kier alpha value is -2.81. The molecular weight excluding hydrogens is 445 g/mol. The molecule has 1 atom stereocenters. The highest BCUT2D eigenvalue weighted by Gasteiger charge is 2.35. The van der Waals surface area contributed by atoms with Gasteiger partial charge in [0.25, 0.3) is 5.91 Å². The number of alkyl halides is 3. The Morgan fingerprint density at radius 2 is 1.68 bits per heavy atom. The van der Waals surface area contributed by atoms with Gasteiger partial charge in [-0.15, -0.1) is 0 Å². The molecule has 34 heavy (non-hydrogen) atoms. The minimum atomic E-state index is -4.42. The lowest BCUT2D eigenvalue weighted by atomic mass is 9.86. The van der Waals surface area contributed by atoms with Gasteiger partial charge < -0.3 is 20.1 Å². The van der Waals surface area contributed by atoms with E-state index in [-0.39, 0.29) is 11.8 Å². The van der Waals surface area contributed by atoms with E-state index in [9.17, 15) is 22.8 Å². The minimum Gasteiger partial charge on any atom is -0.357 e. The van der Waals surface area contributed by atoms with E-state index in [1.165, 1.54) is 19.2 Å². The van der Waals surface area contributed by atoms with Gasteiger partial charge in [-0.1, -0.05) is 32.9 Å². The summed E-state index contributed by atoms with van der Waals surface area (Å²) in [7, 11) is 3.50. The molecule has 0 aliphatic carbocycles. The molecule has 0 radical (unpaired) electrons. The summed E-state index contributed by atoms with van der Waals surface area (Å²) >= 11 is 0. The molecule has 0 spiro atoms. The first-order valence-corrected chi connectivity index (χ1v) is 11.4. The standard InChI is InChI=1S/C25H33F3N4O2/c1-15-19(22(33)30-21(23(34)29-5)24(2,3)4)18-14-31(6)12-7-13-32(18)20(15)16-8-10-17(11-9-16)25(26,27)28/h8-11,21H,7,12-14H2,1-6H3,(H,29,34)(H,30,33). The van der Waals surface area contributed by atoms with Crippen LogP contribution in [-0.4, -0.2) is 48.0 Å². The van der Waals surface area contributed by atoms with Crippen molar-refractivity contribution in [3.8, 4) is 11.3 Å². The molecule has 0 fully saturated rings. The first-order valence-electron chi connectivity index (χ1n) is 11.4. The summed E-state index contributed by atoms with van der Waals surface area (Å²) in [5.74, 6) is -0.651. The Kier molecular flexibility index (Phi) is 7.17. The normalized spacial score (nSPS) is 15.9. The number of nitrogens with zero attached hydrogens (tertiary/aromatic N) is 2. The summed E-state index contributed by atoms with van der Waals surface area (Å²) in [4.78, 5) is 28.2. The predicted molar refractivity (Wildman–Crippen MR) is 125 cm³/mol. The van der Waals surface area contributed by atoms with Gasteiger partial charge >= 0.3 is 6.18 Å². The van der Waals surface area contributed by atoms with Crippen LogP contribution in [0.2, 0.25) is 0 Å². The average molecular weight is 479 g/mol. The van der Waals surface area contributed by atoms with Crippen LogP contribution in [0.3, 0.4) is 0 Å². The maximum Gasteiger partial charge on any atom is 0.416 e. The number of halogens is 3. The molecular formula is C25H33F3N4O2. The molecule has 2 N–H and O–H groups in total. The molecule has 0 saturated carbocycles. The number of aromatic nitrogens is 1. The zero-order valence-electron chi connectivity index (χ0n) is 20.6. The van der Waals surface area contributed by atoms with Crippen molar-refractivity contribution in [2.24, 2.45) is 5.41 Å². The Labute approximate surface area is 198 Å². The second-order valence-electron chi connectivity index (χ2n) is 10.0. The largest absolute Gasteiger partial charge is 0.416 e. The molecule has 3 rings (SSSR count). The van der Waals surface area contributed by atoms with Crippen molar-refractivity contribution in [1.82, 2.24) is 20.1 Å². The number of rotatable bonds is 4. The third kappa shape index (κ3) is 5.14. The van der Waals surface area contributed by atoms with E-state index in [2.05, 4.69) is 15.5 Å². The monoisotopic (exact) mass is 478 g/mol. The van der Waals surface area contributed by atoms with Gasteiger partial charge in [0.05, 0.1) is 16.8 Å². The summed E-state index contributed by atoms with van der Waals surface area (Å²) < 4.78 is 41.3. The van der Waals surface area contributed by atoms with E-state index >= 15 is 0 Å². The van der Waals surface area contributed by atoms with Crippen molar-refractivity contribution < 1.29 is 22.8 Å². The summed E-state index contributed by atoms with van der Waals surface area (Å²) in [6.45, 7) is 9.43. The lowest BCUT2D eigenvalue weighted by Crippen LogP contribution is -2.53. The van der Waals surface area contributed by atoms with Crippen molar-refractivity contribution in [2.45, 2.75) is 59.4 Å². The number of nitrogens with one attached hydrogen (secondary N) is 2. The second kappa shape index (κ2) is 9.44. The van der Waals surface area contributed by atoms with Gasteiger partial charge in [-0.25, -0.2) is 0 Å². The van der Waals surface area contributed by atoms with Gasteiger partial charge in [0.2, 0.25) is 5.91 Å². The van der Waals surface area contributed by atoms with Crippen molar-refractivity contribution in [1.29, 1.82) is 0 Å². The average Bonchev–Trinajstić information content (AvgIpc) is 2.87. The fourth-order valence-corrected chi connectivity index (χ4v) is 4.57. The Bertz CT molecular complexity index is 1070. The van der Waals surface area contributed by atoms with Crippen molar-refractivity contribution in [3.63, 3.8) is 0 Å². The number of hydrogen-bond acceptors (Lipinski definition) is 3. The molecule has 2 heterocycles. The molecule has 186 valence electrons. The molecule has 1 aromatic carbocycles. The van der Waals surface area contributed by atoms with Crippen LogP contribution in [0, 0.1) is 12.3 Å². The van der Waals surface area contributed by atoms with Gasteiger partial charge in [0.15, 0.2) is 0 Å². The Morgan fingerprint density at radius 3 is 2.21 bits per heavy atom. The first kappa shape index (κ1) is 25.8. The third-order valence-corrected chi connectivity index (χ3v) is 6.32. The second-order valence-corrected chi connectivity index (χ2v) is 10.0. The quantitative estimate of drug-likeness (QED) is 0.692. The molecule has 1 aromatic heterocycles. The van der Waals surface area contributed by atoms with Crippen LogP contribution in [0.1, 0.15) is 54.4 Å². The van der Waals surface area contributed by atoms with E-state index in [0.29, 0.717) is 29.8 Å². The summed E-state index contributed by atoms with van der Waals surface area (Å²) in [5, 5.41) is 5.52. The topological polar surface area (TPSA) is 66.4 Å². The van der Waals surface area contributed by atoms with Gasteiger partial charge in [-0.05, 0) is 55.6 Å². The van der Waals surface area contributed by atoms with E-state index in [1.807, 2.05) is 39.3 Å². The Balaban J connectivity index is 2.12. The van der Waals surface area contributed by atoms with Crippen molar-refractivity contribution in [2.75, 3.05) is 20.6 Å². The number of amides is 2. The predicted octanol–water partition coefficient (Wildman–Crippen LogP) is 4.21. The van der Waals surface area contributed by atoms with Gasteiger partial charge in [0.1, 0.15) is 6.04 Å². The number of hydrogen-bond donors (Lipinski definition) is 2. The lowest BCUT2D eigenvalue weighted by molar-refractivity contribution is -0.137. The zero-order chi connectivity index (χ0) is 25.4. The van der Waals surface area contributed by atoms with Gasteiger partial charge in [-0.3, -0.25) is 9.59 Å². The van der Waals surface area contributed by atoms with E-state index < -0.39 is 23.2 Å². The lowest BCUT2D eigenvalue weighted by Gasteiger charge is -2.30. The van der Waals surface area contributed by atoms with E-state index in [4.69, 9.17) is 0 Å². The minimum absolute atomic E-state index is 0.288. The third-order valence-electron chi connectivity index (χ3n) is 6.32. The molecule has 0 bridgehead atoms. The summed E-state index contributed by atoms with van der Waals surface area (Å²) in [5.41, 5.74) is 2.08. The van der Waals surface area contributed by atoms with Crippen LogP contribution in [0.15, 0.2) is 24.3 Å². The van der Waals surface area contributed by atoms with E-state index in [0.717, 1.165) is 36.5 Å². The number of likely N-dealkylation sites (N-methyl/N-ethyl adjacent to an activating group) is 1. The number of fused-ring (bicyclic) bond motifs is 1. The highest BCUT2D eigenvalue weighted by molar-refractivity contribution is 6.01. The van der Waals surface area contributed by atoms with Crippen LogP contribution in [0.4, 0.5) is 13.2 Å². The van der Waals surface area contributed by atoms with Crippen LogP contribution >= 0.6 is 0 Å². The van der Waals surface area contributed by atoms with Crippen LogP contribution in [0.25, 0.3) is 11.3 Å². The molecule has 1 aliphatic heterocycles. The highest BCUT2D eigenvalue weighted by atomic mass is 19.4. The smallest absolute Gasteiger partial charge is 0.357 e. The maximum atomic E-state index is 13.6. The van der Waals surface area contributed by atoms with Crippen LogP contribution in [0.5, 0.6) is 0 Å². The summed E-state index contributed by atoms with van der Waals surface area (Å²) in [6.07, 6.45) is -3.58. The zero-order valence-corrected chi connectivity index (χ0v) is 20.6. The number of benzene rings is 1. The van der Waals surface area contributed by atoms with Crippen molar-refractivity contribution in [3.05, 3.63) is 46.6 Å². The van der Waals surface area contributed by atoms with Crippen molar-refractivity contribution >= 4 is 11.8 Å². The van der Waals surface area contributed by atoms with Crippen LogP contribution < -0.4 is 10.6 Å². The molecule has 9 heteroatoms. The molecule has 6 nitrogen and oxygen atoms in total. The fourth-order valence-electron chi connectivity index (χ4n) is 4.57. The summed E-state index contributed by atoms with van der Waals surface area (Å²) in [6, 6.07) is 4.30. The Morgan fingerprint density at radius 1 is 1.06 bits per heavy atom. The first-order chi connectivity index (χ1) is 15.8. The van der Waals surface area contributed by atoms with E-state index in [1.54, 1.807) is 0 Å². The number of carbonyl (C=O) groups is 2. The van der Waals surface area contributed by atoms with Gasteiger partial charge in [-0.2, -0.15) is 13.2 Å². The molecule has 2 aromatic rings. The van der Waals surface area contributed by atoms with Gasteiger partial charge in [0, 0.05) is 25.8 Å². The molecule has 1 unspecified atom stereocenters. The fraction of sp³-hybridized carbons (Fsp3) is 0.520. The SMILES string of the molecule is CNC(=O)C(NC(=O)c1c(C)c(-c2ccc(C(F)(F)F)cc2)n2c1CN(C)CCC2)C(C)(C)C. The molecule has 1 aliphatic rings. The maximum absolute atomic E-state index is 13.6. The molecule has 2 amide bonds. The number of carbonyl (C=O) groups excluding carboxylic acids is 2. The van der Waals surface area contributed by atoms with Crippen LogP contribution in [-0.2, 0) is 24.1 Å². The highest BCUT2D eigenvalue weighted by Crippen LogP contribution is 2.36.